The van der Waals surface area contributed by atoms with E-state index < -0.39 is 17.5 Å². The zero-order chi connectivity index (χ0) is 22.8. The van der Waals surface area contributed by atoms with Crippen LogP contribution in [-0.2, 0) is 27.4 Å². The molecular formula is C20H21Cl2N3O5S. The number of carbonyl (C=O) groups excluding carboxylic acids is 2. The van der Waals surface area contributed by atoms with Gasteiger partial charge in [-0.1, -0.05) is 29.8 Å². The monoisotopic (exact) mass is 485 g/mol. The molecule has 0 amide bonds. The Balaban J connectivity index is 1.86. The first-order valence-electron chi connectivity index (χ1n) is 9.47. The maximum absolute atomic E-state index is 12.7. The predicted octanol–water partition coefficient (Wildman–Crippen LogP) is 3.62. The summed E-state index contributed by atoms with van der Waals surface area (Å²) in [5.41, 5.74) is -1.11. The maximum Gasteiger partial charge on any atom is 0.350 e. The van der Waals surface area contributed by atoms with E-state index in [1.54, 1.807) is 10.7 Å². The molecular weight excluding hydrogens is 465 g/mol. The number of carbonyl (C=O) groups is 2. The van der Waals surface area contributed by atoms with Crippen LogP contribution in [0, 0.1) is 0 Å². The van der Waals surface area contributed by atoms with Crippen LogP contribution in [0.5, 0.6) is 0 Å². The fourth-order valence-electron chi connectivity index (χ4n) is 2.91. The lowest BCUT2D eigenvalue weighted by atomic mass is 10.1. The Labute approximate surface area is 192 Å². The molecule has 166 valence electrons. The van der Waals surface area contributed by atoms with Crippen LogP contribution in [0.15, 0.2) is 39.6 Å². The van der Waals surface area contributed by atoms with Gasteiger partial charge in [-0.15, -0.1) is 0 Å². The molecule has 0 spiro atoms. The largest absolute Gasteiger partial charge is 0.457 e. The summed E-state index contributed by atoms with van der Waals surface area (Å²) < 4.78 is 13.8. The first-order valence-corrected chi connectivity index (χ1v) is 11.0. The van der Waals surface area contributed by atoms with Gasteiger partial charge in [0, 0.05) is 18.1 Å². The molecule has 0 unspecified atom stereocenters. The van der Waals surface area contributed by atoms with E-state index in [-0.39, 0.29) is 27.1 Å². The van der Waals surface area contributed by atoms with E-state index in [2.05, 4.69) is 11.6 Å². The molecule has 0 radical (unpaired) electrons. The van der Waals surface area contributed by atoms with Crippen molar-refractivity contribution < 1.29 is 19.1 Å². The van der Waals surface area contributed by atoms with Crippen LogP contribution in [0.2, 0.25) is 5.02 Å². The van der Waals surface area contributed by atoms with Gasteiger partial charge in [0.15, 0.2) is 0 Å². The van der Waals surface area contributed by atoms with E-state index in [1.165, 1.54) is 26.0 Å². The Hall–Kier alpha value is -2.36. The topological polar surface area (TPSA) is 91.9 Å². The average molecular weight is 486 g/mol. The number of nitrogens with zero attached hydrogens (tertiary/aromatic N) is 3. The van der Waals surface area contributed by atoms with Gasteiger partial charge in [-0.2, -0.15) is 0 Å². The summed E-state index contributed by atoms with van der Waals surface area (Å²) in [6.07, 6.45) is 1.91. The van der Waals surface area contributed by atoms with E-state index in [0.29, 0.717) is 23.6 Å². The molecule has 1 aliphatic rings. The number of fused-ring (bicyclic) bond motifs is 1. The van der Waals surface area contributed by atoms with Crippen LogP contribution in [0.3, 0.4) is 0 Å². The van der Waals surface area contributed by atoms with Crippen LogP contribution in [-0.4, -0.2) is 33.5 Å². The van der Waals surface area contributed by atoms with Crippen molar-refractivity contribution >= 4 is 52.2 Å². The minimum atomic E-state index is -1.57. The molecule has 0 bridgehead atoms. The van der Waals surface area contributed by atoms with Crippen molar-refractivity contribution in [3.05, 3.63) is 54.9 Å². The molecule has 1 aromatic carbocycles. The molecule has 0 aliphatic carbocycles. The fourth-order valence-corrected chi connectivity index (χ4v) is 4.06. The minimum Gasteiger partial charge on any atom is -0.457 e. The molecule has 0 atom stereocenters. The molecule has 8 nitrogen and oxygen atoms in total. The van der Waals surface area contributed by atoms with Gasteiger partial charge in [-0.05, 0) is 56.2 Å². The van der Waals surface area contributed by atoms with Crippen LogP contribution in [0.25, 0.3) is 0 Å². The van der Waals surface area contributed by atoms with Gasteiger partial charge in [0.2, 0.25) is 10.4 Å². The summed E-state index contributed by atoms with van der Waals surface area (Å²) in [6.45, 7) is 7.39. The fraction of sp³-hybridized carbons (Fsp3) is 0.400. The number of esters is 2. The number of rotatable bonds is 6. The Morgan fingerprint density at radius 1 is 1.26 bits per heavy atom. The molecule has 1 aliphatic heterocycles. The van der Waals surface area contributed by atoms with Gasteiger partial charge in [-0.25, -0.2) is 19.3 Å². The SMILES string of the molecule is C=C(Cl)COC(=O)C(C)(C)OC(=O)c1cc(N=c2sc(=O)n3n2CCCC3)ccc1Cl. The van der Waals surface area contributed by atoms with Crippen molar-refractivity contribution in [1.82, 2.24) is 9.36 Å². The number of aromatic nitrogens is 2. The summed E-state index contributed by atoms with van der Waals surface area (Å²) in [5.74, 6) is -1.59. The summed E-state index contributed by atoms with van der Waals surface area (Å²) in [6, 6.07) is 4.60. The molecule has 0 saturated heterocycles. The predicted molar refractivity (Wildman–Crippen MR) is 118 cm³/mol. The zero-order valence-electron chi connectivity index (χ0n) is 17.0. The van der Waals surface area contributed by atoms with Gasteiger partial charge in [0.1, 0.15) is 6.61 Å². The average Bonchev–Trinajstić information content (AvgIpc) is 3.02. The molecule has 2 aromatic rings. The molecule has 1 aromatic heterocycles. The lowest BCUT2D eigenvalue weighted by Gasteiger charge is -2.23. The van der Waals surface area contributed by atoms with Crippen molar-refractivity contribution in [3.63, 3.8) is 0 Å². The van der Waals surface area contributed by atoms with Gasteiger partial charge in [0.25, 0.3) is 0 Å². The minimum absolute atomic E-state index is 0.0379. The Bertz CT molecular complexity index is 1160. The highest BCUT2D eigenvalue weighted by Gasteiger charge is 2.35. The lowest BCUT2D eigenvalue weighted by molar-refractivity contribution is -0.161. The van der Waals surface area contributed by atoms with Crippen LogP contribution in [0.4, 0.5) is 5.69 Å². The van der Waals surface area contributed by atoms with Crippen LogP contribution in [0.1, 0.15) is 37.0 Å². The highest BCUT2D eigenvalue weighted by Crippen LogP contribution is 2.25. The van der Waals surface area contributed by atoms with E-state index in [4.69, 9.17) is 32.7 Å². The third-order valence-corrected chi connectivity index (χ3v) is 5.79. The summed E-state index contributed by atoms with van der Waals surface area (Å²) in [5, 5.41) is 0.280. The van der Waals surface area contributed by atoms with Crippen LogP contribution >= 0.6 is 34.5 Å². The normalized spacial score (nSPS) is 14.1. The van der Waals surface area contributed by atoms with E-state index in [0.717, 1.165) is 24.2 Å². The number of ether oxygens (including phenoxy) is 2. The molecule has 11 heteroatoms. The molecule has 0 fully saturated rings. The van der Waals surface area contributed by atoms with Gasteiger partial charge in [-0.3, -0.25) is 9.48 Å². The third-order valence-electron chi connectivity index (χ3n) is 4.49. The van der Waals surface area contributed by atoms with Crippen molar-refractivity contribution in [2.24, 2.45) is 4.99 Å². The highest BCUT2D eigenvalue weighted by atomic mass is 35.5. The number of hydrogen-bond acceptors (Lipinski definition) is 7. The zero-order valence-corrected chi connectivity index (χ0v) is 19.4. The Morgan fingerprint density at radius 2 is 1.94 bits per heavy atom. The second-order valence-corrected chi connectivity index (χ2v) is 9.23. The van der Waals surface area contributed by atoms with Crippen LogP contribution < -0.4 is 9.67 Å². The second-order valence-electron chi connectivity index (χ2n) is 7.37. The summed E-state index contributed by atoms with van der Waals surface area (Å²) in [7, 11) is 0. The van der Waals surface area contributed by atoms with Crippen molar-refractivity contribution in [2.45, 2.75) is 45.4 Å². The lowest BCUT2D eigenvalue weighted by Crippen LogP contribution is -2.39. The number of hydrogen-bond donors (Lipinski definition) is 0. The summed E-state index contributed by atoms with van der Waals surface area (Å²) >= 11 is 12.8. The molecule has 0 N–H and O–H groups in total. The van der Waals surface area contributed by atoms with Gasteiger partial charge in [0.05, 0.1) is 16.3 Å². The Morgan fingerprint density at radius 3 is 2.61 bits per heavy atom. The quantitative estimate of drug-likeness (QED) is 0.582. The maximum atomic E-state index is 12.7. The van der Waals surface area contributed by atoms with Crippen molar-refractivity contribution in [3.8, 4) is 0 Å². The molecule has 0 saturated carbocycles. The molecule has 31 heavy (non-hydrogen) atoms. The standard InChI is InChI=1S/C20H21Cl2N3O5S/c1-12(21)11-29-17(27)20(2,3)30-16(26)14-10-13(6-7-15(14)22)23-18-24-8-4-5-9-25(24)19(28)31-18/h6-7,10H,1,4-5,8-9,11H2,2-3H3. The number of halogens is 2. The molecule has 2 heterocycles. The van der Waals surface area contributed by atoms with Crippen molar-refractivity contribution in [1.29, 1.82) is 0 Å². The van der Waals surface area contributed by atoms with E-state index in [9.17, 15) is 14.4 Å². The first-order chi connectivity index (χ1) is 14.6. The third kappa shape index (κ3) is 5.47. The number of benzene rings is 1. The highest BCUT2D eigenvalue weighted by molar-refractivity contribution is 7.06. The van der Waals surface area contributed by atoms with Crippen molar-refractivity contribution in [2.75, 3.05) is 6.61 Å². The Kier molecular flexibility index (Phi) is 7.08. The summed E-state index contributed by atoms with van der Waals surface area (Å²) in [4.78, 5) is 42.0. The van der Waals surface area contributed by atoms with Gasteiger partial charge < -0.3 is 9.47 Å². The van der Waals surface area contributed by atoms with E-state index in [1.807, 2.05) is 4.68 Å². The first kappa shape index (κ1) is 23.3. The molecule has 3 rings (SSSR count). The smallest absolute Gasteiger partial charge is 0.350 e. The van der Waals surface area contributed by atoms with E-state index >= 15 is 0 Å². The van der Waals surface area contributed by atoms with Gasteiger partial charge >= 0.3 is 16.8 Å². The second kappa shape index (κ2) is 9.42.